The first-order chi connectivity index (χ1) is 36.2. The Kier molecular flexibility index (Phi) is 8.53. The van der Waals surface area contributed by atoms with E-state index < -0.39 is 5.41 Å². The minimum atomic E-state index is -0.662. The second-order valence-electron chi connectivity index (χ2n) is 20.3. The van der Waals surface area contributed by atoms with E-state index in [0.29, 0.717) is 5.92 Å². The van der Waals surface area contributed by atoms with Crippen LogP contribution in [0, 0.1) is 5.92 Å². The van der Waals surface area contributed by atoms with Crippen LogP contribution in [0.25, 0.3) is 76.9 Å². The van der Waals surface area contributed by atoms with E-state index in [9.17, 15) is 0 Å². The molecule has 16 rings (SSSR count). The normalized spacial score (nSPS) is 15.7. The number of allylic oxidation sites excluding steroid dienone is 5. The number of aromatic nitrogens is 1. The van der Waals surface area contributed by atoms with Crippen molar-refractivity contribution in [3.8, 4) is 27.9 Å². The predicted molar refractivity (Wildman–Crippen MR) is 305 cm³/mol. The van der Waals surface area contributed by atoms with Crippen molar-refractivity contribution in [2.75, 3.05) is 4.90 Å². The summed E-state index contributed by atoms with van der Waals surface area (Å²) in [6, 6.07) is 89.3. The summed E-state index contributed by atoms with van der Waals surface area (Å²) in [5.74, 6) is 0.332. The highest BCUT2D eigenvalue weighted by atomic mass is 15.2. The zero-order valence-corrected chi connectivity index (χ0v) is 40.0. The van der Waals surface area contributed by atoms with Gasteiger partial charge >= 0.3 is 0 Å². The van der Waals surface area contributed by atoms with Crippen molar-refractivity contribution in [1.82, 2.24) is 4.57 Å². The van der Waals surface area contributed by atoms with Crippen LogP contribution in [-0.2, 0) is 11.8 Å². The molecule has 0 radical (unpaired) electrons. The van der Waals surface area contributed by atoms with Gasteiger partial charge in [-0.2, -0.15) is 0 Å². The molecule has 3 aliphatic carbocycles. The molecular weight excluding hydrogens is 881 g/mol. The molecule has 2 nitrogen and oxygen atoms in total. The summed E-state index contributed by atoms with van der Waals surface area (Å²) in [7, 11) is 0. The standard InChI is InChI=1S/C71H46N2/c1-5-21-53-45(17-1)41-46-18-2-6-22-54(46)69(53)49-33-39-57-58-40-34-50(70-55-23-7-3-19-47(55)42-48-20-4-8-24-56(48)70)44-64(58)71(63(57)43-49)61-27-11-15-31-67(61)73(68-32-16-12-28-62(68)71)52-37-35-51(36-38-52)72-65-29-13-9-25-59(65)60-26-10-14-30-66(60)72/h1-41,43-44,47H,42H2. The molecule has 1 atom stereocenters. The number of benzene rings is 11. The Bertz CT molecular complexity index is 4270. The average molecular weight is 927 g/mol. The first-order valence-corrected chi connectivity index (χ1v) is 25.7. The molecule has 1 unspecified atom stereocenters. The number of nitrogens with zero attached hydrogens (tertiary/aromatic N) is 2. The summed E-state index contributed by atoms with van der Waals surface area (Å²) in [5.41, 5.74) is 23.4. The molecule has 11 aromatic carbocycles. The molecule has 0 bridgehead atoms. The van der Waals surface area contributed by atoms with Crippen molar-refractivity contribution in [3.63, 3.8) is 0 Å². The van der Waals surface area contributed by atoms with E-state index in [0.717, 1.165) is 17.8 Å². The monoisotopic (exact) mass is 926 g/mol. The zero-order valence-electron chi connectivity index (χ0n) is 40.0. The predicted octanol–water partition coefficient (Wildman–Crippen LogP) is 18.0. The quantitative estimate of drug-likeness (QED) is 0.160. The van der Waals surface area contributed by atoms with Gasteiger partial charge in [-0.15, -0.1) is 0 Å². The Morgan fingerprint density at radius 2 is 0.932 bits per heavy atom. The zero-order chi connectivity index (χ0) is 47.8. The summed E-state index contributed by atoms with van der Waals surface area (Å²) in [5, 5.41) is 7.56. The largest absolute Gasteiger partial charge is 0.310 e. The van der Waals surface area contributed by atoms with Crippen molar-refractivity contribution in [3.05, 3.63) is 305 Å². The summed E-state index contributed by atoms with van der Waals surface area (Å²) >= 11 is 0. The minimum Gasteiger partial charge on any atom is -0.310 e. The molecule has 340 valence electrons. The summed E-state index contributed by atoms with van der Waals surface area (Å²) in [4.78, 5) is 2.51. The van der Waals surface area contributed by atoms with Gasteiger partial charge in [0.25, 0.3) is 0 Å². The summed E-state index contributed by atoms with van der Waals surface area (Å²) < 4.78 is 2.41. The van der Waals surface area contributed by atoms with Crippen LogP contribution in [0.5, 0.6) is 0 Å². The maximum atomic E-state index is 2.58. The minimum absolute atomic E-state index is 0.332. The molecule has 4 aliphatic rings. The van der Waals surface area contributed by atoms with E-state index >= 15 is 0 Å². The van der Waals surface area contributed by atoms with E-state index in [-0.39, 0.29) is 0 Å². The van der Waals surface area contributed by atoms with Gasteiger partial charge in [-0.25, -0.2) is 0 Å². The van der Waals surface area contributed by atoms with Gasteiger partial charge in [0.2, 0.25) is 0 Å². The maximum Gasteiger partial charge on any atom is 0.0754 e. The molecular formula is C71H46N2. The van der Waals surface area contributed by atoms with Gasteiger partial charge in [0.1, 0.15) is 0 Å². The van der Waals surface area contributed by atoms with Crippen molar-refractivity contribution in [2.45, 2.75) is 11.8 Å². The third-order valence-corrected chi connectivity index (χ3v) is 16.7. The molecule has 0 N–H and O–H groups in total. The van der Waals surface area contributed by atoms with Crippen molar-refractivity contribution >= 4 is 66.0 Å². The van der Waals surface area contributed by atoms with E-state index in [1.165, 1.54) is 127 Å². The van der Waals surface area contributed by atoms with Gasteiger partial charge in [-0.1, -0.05) is 194 Å². The second-order valence-corrected chi connectivity index (χ2v) is 20.3. The van der Waals surface area contributed by atoms with Crippen LogP contribution in [0.1, 0.15) is 38.9 Å². The molecule has 73 heavy (non-hydrogen) atoms. The van der Waals surface area contributed by atoms with Crippen LogP contribution in [0.15, 0.2) is 266 Å². The first kappa shape index (κ1) is 40.5. The van der Waals surface area contributed by atoms with Crippen LogP contribution in [0.3, 0.4) is 0 Å². The SMILES string of the molecule is C1=CC2=C(c3ccc4c(c3)C3(c5cc(-c6c7ccccc7cc7ccccc67)ccc5-4)c4ccccc4N(c4ccc(-n5c6ccccc6c6ccccc65)cc4)c4ccccc43)c3ccccc3CC2C=C1. The molecule has 12 aromatic rings. The lowest BCUT2D eigenvalue weighted by Crippen LogP contribution is -2.36. The molecule has 0 saturated carbocycles. The number of rotatable bonds is 4. The summed E-state index contributed by atoms with van der Waals surface area (Å²) in [6.07, 6.45) is 10.2. The molecule has 0 saturated heterocycles. The first-order valence-electron chi connectivity index (χ1n) is 25.7. The summed E-state index contributed by atoms with van der Waals surface area (Å²) in [6.45, 7) is 0. The number of anilines is 3. The number of para-hydroxylation sites is 4. The topological polar surface area (TPSA) is 8.17 Å². The average Bonchev–Trinajstić information content (AvgIpc) is 3.95. The smallest absolute Gasteiger partial charge is 0.0754 e. The maximum absolute atomic E-state index is 2.58. The Morgan fingerprint density at radius 1 is 0.397 bits per heavy atom. The third kappa shape index (κ3) is 5.64. The molecule has 0 fully saturated rings. The molecule has 1 aromatic heterocycles. The van der Waals surface area contributed by atoms with Gasteiger partial charge in [-0.05, 0) is 167 Å². The Labute approximate surface area is 424 Å². The Balaban J connectivity index is 0.957. The molecule has 1 spiro atoms. The third-order valence-electron chi connectivity index (χ3n) is 16.7. The molecule has 1 aliphatic heterocycles. The van der Waals surface area contributed by atoms with Crippen LogP contribution in [0.2, 0.25) is 0 Å². The van der Waals surface area contributed by atoms with Crippen LogP contribution >= 0.6 is 0 Å². The van der Waals surface area contributed by atoms with Gasteiger partial charge in [0.05, 0.1) is 27.8 Å². The van der Waals surface area contributed by atoms with E-state index in [4.69, 9.17) is 0 Å². The lowest BCUT2D eigenvalue weighted by atomic mass is 9.64. The number of hydrogen-bond acceptors (Lipinski definition) is 1. The number of fused-ring (bicyclic) bond motifs is 16. The highest BCUT2D eigenvalue weighted by Gasteiger charge is 2.52. The molecule has 2 heterocycles. The van der Waals surface area contributed by atoms with Gasteiger partial charge < -0.3 is 9.47 Å². The Hall–Kier alpha value is -9.24. The van der Waals surface area contributed by atoms with E-state index in [1.807, 2.05) is 0 Å². The highest BCUT2D eigenvalue weighted by molar-refractivity contribution is 6.13. The highest BCUT2D eigenvalue weighted by Crippen LogP contribution is 2.64. The van der Waals surface area contributed by atoms with Crippen LogP contribution in [0.4, 0.5) is 17.1 Å². The molecule has 0 amide bonds. The van der Waals surface area contributed by atoms with Crippen molar-refractivity contribution < 1.29 is 0 Å². The Morgan fingerprint density at radius 3 is 1.60 bits per heavy atom. The van der Waals surface area contributed by atoms with E-state index in [1.54, 1.807) is 0 Å². The van der Waals surface area contributed by atoms with Gasteiger partial charge in [-0.3, -0.25) is 0 Å². The lowest BCUT2D eigenvalue weighted by Gasteiger charge is -2.45. The van der Waals surface area contributed by atoms with Gasteiger partial charge in [0, 0.05) is 28.1 Å². The number of hydrogen-bond donors (Lipinski definition) is 0. The van der Waals surface area contributed by atoms with Crippen molar-refractivity contribution in [1.29, 1.82) is 0 Å². The van der Waals surface area contributed by atoms with Crippen LogP contribution in [-0.4, -0.2) is 4.57 Å². The van der Waals surface area contributed by atoms with Gasteiger partial charge in [0.15, 0.2) is 0 Å². The second kappa shape index (κ2) is 15.4. The van der Waals surface area contributed by atoms with Crippen molar-refractivity contribution in [2.24, 2.45) is 5.92 Å². The van der Waals surface area contributed by atoms with Crippen LogP contribution < -0.4 is 4.90 Å². The fourth-order valence-electron chi connectivity index (χ4n) is 13.7. The fraction of sp³-hybridized carbons (Fsp3) is 0.0423. The molecule has 2 heteroatoms. The van der Waals surface area contributed by atoms with E-state index in [2.05, 4.69) is 270 Å². The lowest BCUT2D eigenvalue weighted by molar-refractivity contribution is 0.749. The fourth-order valence-corrected chi connectivity index (χ4v) is 13.7.